The van der Waals surface area contributed by atoms with Gasteiger partial charge < -0.3 is 10.3 Å². The summed E-state index contributed by atoms with van der Waals surface area (Å²) in [6.07, 6.45) is -0.325. The quantitative estimate of drug-likeness (QED) is 0.798. The molecular formula is C15H14F3N5. The van der Waals surface area contributed by atoms with Crippen molar-refractivity contribution in [3.63, 3.8) is 0 Å². The molecule has 0 aliphatic rings. The number of rotatable bonds is 3. The van der Waals surface area contributed by atoms with Gasteiger partial charge in [-0.05, 0) is 26.0 Å². The van der Waals surface area contributed by atoms with Crippen LogP contribution in [0.4, 0.5) is 19.1 Å². The number of anilines is 1. The first-order valence-electron chi connectivity index (χ1n) is 6.95. The summed E-state index contributed by atoms with van der Waals surface area (Å²) < 4.78 is 42.5. The van der Waals surface area contributed by atoms with Crippen LogP contribution in [0.1, 0.15) is 31.9 Å². The molecule has 0 spiro atoms. The maximum absolute atomic E-state index is 14.0. The molecule has 23 heavy (non-hydrogen) atoms. The molecule has 0 aliphatic heterocycles. The number of nitrogens with zero attached hydrogens (tertiary/aromatic N) is 4. The largest absolute Gasteiger partial charge is 0.368 e. The van der Waals surface area contributed by atoms with Crippen molar-refractivity contribution >= 4 is 17.0 Å². The van der Waals surface area contributed by atoms with Crippen LogP contribution in [0.2, 0.25) is 0 Å². The Morgan fingerprint density at radius 3 is 2.57 bits per heavy atom. The molecule has 5 nitrogen and oxygen atoms in total. The van der Waals surface area contributed by atoms with Crippen molar-refractivity contribution in [1.82, 2.24) is 19.5 Å². The lowest BCUT2D eigenvalue weighted by molar-refractivity contribution is 0.153. The summed E-state index contributed by atoms with van der Waals surface area (Å²) in [5.74, 6) is -0.855. The normalized spacial score (nSPS) is 11.8. The van der Waals surface area contributed by atoms with Crippen LogP contribution in [0.15, 0.2) is 24.7 Å². The molecule has 8 heteroatoms. The summed E-state index contributed by atoms with van der Waals surface area (Å²) in [4.78, 5) is 11.4. The van der Waals surface area contributed by atoms with E-state index in [0.717, 1.165) is 6.20 Å². The Bertz CT molecular complexity index is 873. The van der Waals surface area contributed by atoms with Gasteiger partial charge in [0, 0.05) is 17.2 Å². The van der Waals surface area contributed by atoms with Gasteiger partial charge in [0.25, 0.3) is 6.43 Å². The van der Waals surface area contributed by atoms with Crippen LogP contribution < -0.4 is 5.73 Å². The Morgan fingerprint density at radius 1 is 1.17 bits per heavy atom. The minimum absolute atomic E-state index is 0.0149. The minimum atomic E-state index is -2.74. The van der Waals surface area contributed by atoms with Gasteiger partial charge in [0.2, 0.25) is 5.95 Å². The van der Waals surface area contributed by atoms with Gasteiger partial charge in [0.15, 0.2) is 5.82 Å². The summed E-state index contributed by atoms with van der Waals surface area (Å²) in [5, 5.41) is 0. The molecule has 2 aromatic heterocycles. The first-order valence-corrected chi connectivity index (χ1v) is 6.95. The van der Waals surface area contributed by atoms with E-state index in [1.807, 2.05) is 13.8 Å². The van der Waals surface area contributed by atoms with Crippen LogP contribution >= 0.6 is 0 Å². The molecule has 0 saturated heterocycles. The van der Waals surface area contributed by atoms with Gasteiger partial charge in [-0.2, -0.15) is 0 Å². The van der Waals surface area contributed by atoms with E-state index < -0.39 is 12.2 Å². The Morgan fingerprint density at radius 2 is 1.91 bits per heavy atom. The first-order chi connectivity index (χ1) is 10.9. The molecule has 3 aromatic rings. The van der Waals surface area contributed by atoms with E-state index in [1.165, 1.54) is 12.4 Å². The highest BCUT2D eigenvalue weighted by atomic mass is 19.3. The lowest BCUT2D eigenvalue weighted by Crippen LogP contribution is -2.01. The van der Waals surface area contributed by atoms with Crippen LogP contribution in [-0.2, 0) is 0 Å². The number of nitrogens with two attached hydrogens (primary N) is 1. The number of alkyl halides is 2. The summed E-state index contributed by atoms with van der Waals surface area (Å²) in [6.45, 7) is 3.80. The molecule has 3 rings (SSSR count). The lowest BCUT2D eigenvalue weighted by atomic mass is 10.1. The number of aromatic nitrogens is 4. The van der Waals surface area contributed by atoms with E-state index in [-0.39, 0.29) is 34.3 Å². The molecule has 2 N–H and O–H groups in total. The maximum atomic E-state index is 14.0. The van der Waals surface area contributed by atoms with Crippen molar-refractivity contribution in [3.05, 3.63) is 36.0 Å². The molecule has 2 heterocycles. The van der Waals surface area contributed by atoms with Crippen molar-refractivity contribution in [1.29, 1.82) is 0 Å². The fourth-order valence-electron chi connectivity index (χ4n) is 2.46. The van der Waals surface area contributed by atoms with Gasteiger partial charge in [-0.15, -0.1) is 0 Å². The van der Waals surface area contributed by atoms with Crippen LogP contribution in [0.3, 0.4) is 0 Å². The van der Waals surface area contributed by atoms with Gasteiger partial charge in [-0.25, -0.2) is 28.1 Å². The number of nitrogen functional groups attached to an aromatic ring is 1. The van der Waals surface area contributed by atoms with Gasteiger partial charge in [0.05, 0.1) is 23.6 Å². The topological polar surface area (TPSA) is 69.6 Å². The average Bonchev–Trinajstić information content (AvgIpc) is 2.92. The van der Waals surface area contributed by atoms with E-state index >= 15 is 0 Å². The second-order valence-electron chi connectivity index (χ2n) is 5.40. The highest BCUT2D eigenvalue weighted by Crippen LogP contribution is 2.33. The predicted octanol–water partition coefficient (Wildman–Crippen LogP) is 3.73. The van der Waals surface area contributed by atoms with Gasteiger partial charge in [-0.1, -0.05) is 0 Å². The Hall–Kier alpha value is -2.64. The molecule has 0 fully saturated rings. The van der Waals surface area contributed by atoms with Crippen LogP contribution in [-0.4, -0.2) is 19.5 Å². The van der Waals surface area contributed by atoms with E-state index in [9.17, 15) is 13.2 Å². The van der Waals surface area contributed by atoms with Crippen molar-refractivity contribution in [2.45, 2.75) is 26.3 Å². The summed E-state index contributed by atoms with van der Waals surface area (Å²) in [6, 6.07) is 2.79. The van der Waals surface area contributed by atoms with Crippen LogP contribution in [0, 0.1) is 5.82 Å². The molecule has 0 saturated carbocycles. The second kappa shape index (κ2) is 5.53. The number of hydrogen-bond donors (Lipinski definition) is 1. The van der Waals surface area contributed by atoms with E-state index in [2.05, 4.69) is 15.0 Å². The Kier molecular flexibility index (Phi) is 3.67. The third-order valence-electron chi connectivity index (χ3n) is 3.54. The van der Waals surface area contributed by atoms with E-state index in [0.29, 0.717) is 5.52 Å². The molecule has 120 valence electrons. The number of fused-ring (bicyclic) bond motifs is 1. The molecule has 1 aromatic carbocycles. The van der Waals surface area contributed by atoms with Crippen molar-refractivity contribution in [2.75, 3.05) is 5.73 Å². The summed E-state index contributed by atoms with van der Waals surface area (Å²) in [7, 11) is 0. The van der Waals surface area contributed by atoms with E-state index in [4.69, 9.17) is 5.73 Å². The van der Waals surface area contributed by atoms with Crippen molar-refractivity contribution < 1.29 is 13.2 Å². The molecule has 0 bridgehead atoms. The third-order valence-corrected chi connectivity index (χ3v) is 3.54. The lowest BCUT2D eigenvalue weighted by Gasteiger charge is -2.11. The molecular weight excluding hydrogens is 307 g/mol. The Balaban J connectivity index is 2.33. The smallest absolute Gasteiger partial charge is 0.266 e. The van der Waals surface area contributed by atoms with E-state index in [1.54, 1.807) is 10.6 Å². The molecule has 0 radical (unpaired) electrons. The van der Waals surface area contributed by atoms with Crippen molar-refractivity contribution in [3.8, 4) is 11.3 Å². The third kappa shape index (κ3) is 2.60. The Labute approximate surface area is 130 Å². The number of imidazole rings is 1. The standard InChI is InChI=1S/C15H14F3N5/c1-7(2)23-6-21-13-9(14(17)18)3-8(4-11(13)23)12-10(16)5-20-15(19)22-12/h3-7,14H,1-2H3,(H2,19,20,22). The zero-order valence-electron chi connectivity index (χ0n) is 12.5. The average molecular weight is 321 g/mol. The van der Waals surface area contributed by atoms with Gasteiger partial charge in [-0.3, -0.25) is 0 Å². The molecule has 0 unspecified atom stereocenters. The van der Waals surface area contributed by atoms with Crippen LogP contribution in [0.25, 0.3) is 22.3 Å². The predicted molar refractivity (Wildman–Crippen MR) is 80.5 cm³/mol. The minimum Gasteiger partial charge on any atom is -0.368 e. The number of hydrogen-bond acceptors (Lipinski definition) is 4. The first kappa shape index (κ1) is 15.3. The SMILES string of the molecule is CC(C)n1cnc2c(C(F)F)cc(-c3nc(N)ncc3F)cc21. The highest BCUT2D eigenvalue weighted by Gasteiger charge is 2.20. The summed E-state index contributed by atoms with van der Waals surface area (Å²) in [5.41, 5.74) is 5.99. The molecule has 0 amide bonds. The zero-order valence-corrected chi connectivity index (χ0v) is 12.5. The second-order valence-corrected chi connectivity index (χ2v) is 5.40. The van der Waals surface area contributed by atoms with Crippen LogP contribution in [0.5, 0.6) is 0 Å². The summed E-state index contributed by atoms with van der Waals surface area (Å²) >= 11 is 0. The number of benzene rings is 1. The fraction of sp³-hybridized carbons (Fsp3) is 0.267. The zero-order chi connectivity index (χ0) is 16.7. The maximum Gasteiger partial charge on any atom is 0.266 e. The fourth-order valence-corrected chi connectivity index (χ4v) is 2.46. The van der Waals surface area contributed by atoms with Crippen molar-refractivity contribution in [2.24, 2.45) is 0 Å². The number of halogens is 3. The molecule has 0 aliphatic carbocycles. The highest BCUT2D eigenvalue weighted by molar-refractivity contribution is 5.85. The van der Waals surface area contributed by atoms with Gasteiger partial charge in [0.1, 0.15) is 5.69 Å². The molecule has 0 atom stereocenters. The monoisotopic (exact) mass is 321 g/mol. The van der Waals surface area contributed by atoms with Gasteiger partial charge >= 0.3 is 0 Å².